The summed E-state index contributed by atoms with van der Waals surface area (Å²) in [4.78, 5) is 25.6. The third kappa shape index (κ3) is 3.59. The number of carbonyl (C=O) groups excluding carboxylic acids is 2. The van der Waals surface area contributed by atoms with Crippen LogP contribution in [0.1, 0.15) is 42.1 Å². The van der Waals surface area contributed by atoms with E-state index in [-0.39, 0.29) is 47.1 Å². The minimum absolute atomic E-state index is 0.0445. The second kappa shape index (κ2) is 9.44. The van der Waals surface area contributed by atoms with Gasteiger partial charge in [0.2, 0.25) is 12.5 Å². The maximum absolute atomic E-state index is 13.2. The second-order valence-corrected chi connectivity index (χ2v) is 9.29. The average molecular weight is 539 g/mol. The van der Waals surface area contributed by atoms with E-state index in [1.165, 1.54) is 21.3 Å². The second-order valence-electron chi connectivity index (χ2n) is 8.54. The van der Waals surface area contributed by atoms with Gasteiger partial charge in [-0.15, -0.1) is 0 Å². The molecule has 0 spiro atoms. The van der Waals surface area contributed by atoms with E-state index in [9.17, 15) is 9.59 Å². The predicted molar refractivity (Wildman–Crippen MR) is 128 cm³/mol. The maximum atomic E-state index is 13.2. The lowest BCUT2D eigenvalue weighted by molar-refractivity contribution is -0.154. The fourth-order valence-electron chi connectivity index (χ4n) is 5.30. The number of fused-ring (bicyclic) bond motifs is 3. The SMILES string of the molecule is CCC(=O)O[C@H]1c2cc3c(cc2[C@@H](c2c(Cl)c(OC)c(OC)c(OC)c2Cl)C2C(=O)OCC21)OCO3. The largest absolute Gasteiger partial charge is 0.491 e. The van der Waals surface area contributed by atoms with Gasteiger partial charge in [-0.25, -0.2) is 0 Å². The highest BCUT2D eigenvalue weighted by molar-refractivity contribution is 6.38. The molecule has 0 amide bonds. The Balaban J connectivity index is 1.81. The van der Waals surface area contributed by atoms with Crippen LogP contribution in [0.2, 0.25) is 10.0 Å². The molecule has 11 heteroatoms. The van der Waals surface area contributed by atoms with Gasteiger partial charge >= 0.3 is 11.9 Å². The third-order valence-corrected chi connectivity index (χ3v) is 7.62. The summed E-state index contributed by atoms with van der Waals surface area (Å²) >= 11 is 13.8. The van der Waals surface area contributed by atoms with Crippen LogP contribution >= 0.6 is 23.2 Å². The van der Waals surface area contributed by atoms with Crippen LogP contribution in [0.4, 0.5) is 0 Å². The molecule has 2 aliphatic heterocycles. The van der Waals surface area contributed by atoms with Crippen LogP contribution in [-0.4, -0.2) is 46.7 Å². The zero-order valence-electron chi connectivity index (χ0n) is 20.0. The molecule has 9 nitrogen and oxygen atoms in total. The molecule has 2 aromatic rings. The Morgan fingerprint density at radius 2 is 1.53 bits per heavy atom. The van der Waals surface area contributed by atoms with E-state index >= 15 is 0 Å². The van der Waals surface area contributed by atoms with Crippen LogP contribution in [0.15, 0.2) is 12.1 Å². The lowest BCUT2D eigenvalue weighted by Crippen LogP contribution is -2.36. The molecular weight excluding hydrogens is 515 g/mol. The molecule has 2 aromatic carbocycles. The zero-order chi connectivity index (χ0) is 25.7. The fraction of sp³-hybridized carbons (Fsp3) is 0.440. The van der Waals surface area contributed by atoms with Crippen molar-refractivity contribution in [2.75, 3.05) is 34.7 Å². The average Bonchev–Trinajstić information content (AvgIpc) is 3.50. The van der Waals surface area contributed by atoms with E-state index in [0.717, 1.165) is 0 Å². The van der Waals surface area contributed by atoms with Crippen molar-refractivity contribution in [1.82, 2.24) is 0 Å². The van der Waals surface area contributed by atoms with Crippen LogP contribution in [0.25, 0.3) is 0 Å². The first-order chi connectivity index (χ1) is 17.4. The summed E-state index contributed by atoms with van der Waals surface area (Å²) in [6.45, 7) is 1.82. The van der Waals surface area contributed by atoms with Gasteiger partial charge in [-0.2, -0.15) is 0 Å². The summed E-state index contributed by atoms with van der Waals surface area (Å²) in [7, 11) is 4.33. The van der Waals surface area contributed by atoms with Crippen molar-refractivity contribution in [3.05, 3.63) is 38.9 Å². The topological polar surface area (TPSA) is 98.8 Å². The van der Waals surface area contributed by atoms with Gasteiger partial charge in [0.1, 0.15) is 6.10 Å². The number of halogens is 2. The number of hydrogen-bond donors (Lipinski definition) is 0. The van der Waals surface area contributed by atoms with E-state index in [2.05, 4.69) is 0 Å². The number of rotatable bonds is 6. The van der Waals surface area contributed by atoms with Gasteiger partial charge in [-0.05, 0) is 17.7 Å². The van der Waals surface area contributed by atoms with Crippen LogP contribution in [0.5, 0.6) is 28.7 Å². The molecule has 0 saturated carbocycles. The van der Waals surface area contributed by atoms with Gasteiger partial charge < -0.3 is 33.2 Å². The highest BCUT2D eigenvalue weighted by Gasteiger charge is 2.55. The highest BCUT2D eigenvalue weighted by Crippen LogP contribution is 2.60. The smallest absolute Gasteiger partial charge is 0.310 e. The van der Waals surface area contributed by atoms with Crippen molar-refractivity contribution in [3.8, 4) is 28.7 Å². The molecule has 3 aliphatic rings. The summed E-state index contributed by atoms with van der Waals surface area (Å²) in [5, 5.41) is 0.326. The number of esters is 2. The number of hydrogen-bond acceptors (Lipinski definition) is 9. The maximum Gasteiger partial charge on any atom is 0.310 e. The number of cyclic esters (lactones) is 1. The Bertz CT molecular complexity index is 1210. The van der Waals surface area contributed by atoms with Crippen LogP contribution in [-0.2, 0) is 19.1 Å². The Morgan fingerprint density at radius 3 is 2.08 bits per heavy atom. The predicted octanol–water partition coefficient (Wildman–Crippen LogP) is 4.68. The molecule has 36 heavy (non-hydrogen) atoms. The Morgan fingerprint density at radius 1 is 0.944 bits per heavy atom. The molecule has 2 unspecified atom stereocenters. The summed E-state index contributed by atoms with van der Waals surface area (Å²) in [6, 6.07) is 3.55. The summed E-state index contributed by atoms with van der Waals surface area (Å²) in [6.07, 6.45) is -0.564. The first-order valence-electron chi connectivity index (χ1n) is 11.3. The summed E-state index contributed by atoms with van der Waals surface area (Å²) in [5.74, 6) is -1.15. The minimum atomic E-state index is -0.759. The van der Waals surface area contributed by atoms with Crippen molar-refractivity contribution in [1.29, 1.82) is 0 Å². The zero-order valence-corrected chi connectivity index (χ0v) is 21.5. The van der Waals surface area contributed by atoms with Gasteiger partial charge in [-0.1, -0.05) is 30.1 Å². The summed E-state index contributed by atoms with van der Waals surface area (Å²) < 4.78 is 39.2. The van der Waals surface area contributed by atoms with Crippen molar-refractivity contribution in [2.45, 2.75) is 25.4 Å². The van der Waals surface area contributed by atoms with Crippen molar-refractivity contribution in [2.24, 2.45) is 11.8 Å². The first-order valence-corrected chi connectivity index (χ1v) is 12.1. The summed E-state index contributed by atoms with van der Waals surface area (Å²) in [5.41, 5.74) is 1.71. The fourth-order valence-corrected chi connectivity index (χ4v) is 6.10. The first kappa shape index (κ1) is 24.6. The standard InChI is InChI=1S/C25H24Cl2O9/c1-5-15(28)36-21-11-7-14-13(34-9-35-14)6-10(11)16(17-12(21)8-33-25(17)29)18-19(26)22(30-2)24(32-4)23(31-3)20(18)27/h6-7,12,16-17,21H,5,8-9H2,1-4H3/t12?,16-,17?,21+/m1/s1. The Labute approximate surface area is 217 Å². The monoisotopic (exact) mass is 538 g/mol. The molecule has 1 fully saturated rings. The molecule has 5 rings (SSSR count). The molecule has 2 heterocycles. The lowest BCUT2D eigenvalue weighted by Gasteiger charge is -2.39. The molecule has 1 aliphatic carbocycles. The van der Waals surface area contributed by atoms with E-state index in [1.54, 1.807) is 19.1 Å². The minimum Gasteiger partial charge on any atom is -0.491 e. The molecule has 4 atom stereocenters. The normalized spacial score (nSPS) is 23.4. The number of ether oxygens (including phenoxy) is 7. The van der Waals surface area contributed by atoms with Gasteiger partial charge in [0.15, 0.2) is 23.0 Å². The van der Waals surface area contributed by atoms with Gasteiger partial charge in [0, 0.05) is 29.4 Å². The number of benzene rings is 2. The van der Waals surface area contributed by atoms with Crippen LogP contribution in [0, 0.1) is 11.8 Å². The quantitative estimate of drug-likeness (QED) is 0.485. The molecule has 0 radical (unpaired) electrons. The molecule has 192 valence electrons. The molecule has 0 aromatic heterocycles. The number of methoxy groups -OCH3 is 3. The van der Waals surface area contributed by atoms with E-state index in [4.69, 9.17) is 56.4 Å². The number of carbonyl (C=O) groups is 2. The van der Waals surface area contributed by atoms with Crippen molar-refractivity contribution < 1.29 is 42.7 Å². The molecular formula is C25H24Cl2O9. The van der Waals surface area contributed by atoms with Gasteiger partial charge in [-0.3, -0.25) is 9.59 Å². The van der Waals surface area contributed by atoms with Gasteiger partial charge in [0.25, 0.3) is 0 Å². The van der Waals surface area contributed by atoms with E-state index in [0.29, 0.717) is 28.2 Å². The molecule has 1 saturated heterocycles. The molecule has 0 bridgehead atoms. The third-order valence-electron chi connectivity index (χ3n) is 6.87. The van der Waals surface area contributed by atoms with Crippen molar-refractivity contribution in [3.63, 3.8) is 0 Å². The van der Waals surface area contributed by atoms with Crippen LogP contribution < -0.4 is 23.7 Å². The Kier molecular flexibility index (Phi) is 6.46. The lowest BCUT2D eigenvalue weighted by atomic mass is 9.66. The highest BCUT2D eigenvalue weighted by atomic mass is 35.5. The molecule has 0 N–H and O–H groups in total. The van der Waals surface area contributed by atoms with E-state index < -0.39 is 35.8 Å². The van der Waals surface area contributed by atoms with Crippen molar-refractivity contribution >= 4 is 35.1 Å². The Hall–Kier alpha value is -3.04. The van der Waals surface area contributed by atoms with Crippen LogP contribution in [0.3, 0.4) is 0 Å². The van der Waals surface area contributed by atoms with Gasteiger partial charge in [0.05, 0.1) is 43.9 Å². The van der Waals surface area contributed by atoms with E-state index in [1.807, 2.05) is 0 Å².